The van der Waals surface area contributed by atoms with Gasteiger partial charge in [-0.2, -0.15) is 0 Å². The molecule has 1 atom stereocenters. The lowest BCUT2D eigenvalue weighted by molar-refractivity contribution is 0.0994. The molecular weight excluding hydrogens is 344 g/mol. The van der Waals surface area contributed by atoms with Gasteiger partial charge in [-0.25, -0.2) is 8.42 Å². The number of Topliss-reactive ketones (excluding diaryl/α,β-unsaturated/α-hetero) is 1. The average Bonchev–Trinajstić information content (AvgIpc) is 2.82. The van der Waals surface area contributed by atoms with Gasteiger partial charge >= 0.3 is 0 Å². The van der Waals surface area contributed by atoms with Gasteiger partial charge in [-0.15, -0.1) is 10.2 Å². The fourth-order valence-corrected chi connectivity index (χ4v) is 4.05. The highest BCUT2D eigenvalue weighted by Crippen LogP contribution is 2.29. The number of ketones is 1. The monoisotopic (exact) mass is 358 g/mol. The Morgan fingerprint density at radius 1 is 1.32 bits per heavy atom. The Balaban J connectivity index is 2.05. The number of nitrogen functional groups attached to an aromatic ring is 1. The van der Waals surface area contributed by atoms with E-state index in [1.54, 1.807) is 31.2 Å². The number of carbonyl (C=O) groups is 1. The van der Waals surface area contributed by atoms with E-state index < -0.39 is 10.0 Å². The largest absolute Gasteiger partial charge is 0.374 e. The first kappa shape index (κ1) is 16.7. The summed E-state index contributed by atoms with van der Waals surface area (Å²) in [6.07, 6.45) is 1.07. The van der Waals surface area contributed by atoms with Gasteiger partial charge in [0.15, 0.2) is 10.1 Å². The predicted molar refractivity (Wildman–Crippen MR) is 88.9 cm³/mol. The number of nitrogens with zero attached hydrogens (tertiary/aromatic N) is 2. The van der Waals surface area contributed by atoms with Gasteiger partial charge in [0.05, 0.1) is 11.5 Å². The third-order valence-electron chi connectivity index (χ3n) is 2.54. The molecule has 1 heterocycles. The van der Waals surface area contributed by atoms with Gasteiger partial charge in [-0.1, -0.05) is 23.1 Å². The van der Waals surface area contributed by atoms with Crippen LogP contribution < -0.4 is 10.5 Å². The van der Waals surface area contributed by atoms with Crippen molar-refractivity contribution in [2.45, 2.75) is 16.5 Å². The standard InChI is InChI=1S/C12H14N4O3S3/c1-7(20-12-15-14-11(13)21-12)10(17)8-3-5-9(6-4-8)16-22(2,18)19/h3-7,16H,1-2H3,(H2,13,14). The minimum Gasteiger partial charge on any atom is -0.374 e. The SMILES string of the molecule is CC(Sc1nnc(N)s1)C(=O)c1ccc(NS(C)(=O)=O)cc1. The lowest BCUT2D eigenvalue weighted by Crippen LogP contribution is -2.14. The maximum atomic E-state index is 12.3. The van der Waals surface area contributed by atoms with Crippen LogP contribution in [-0.2, 0) is 10.0 Å². The summed E-state index contributed by atoms with van der Waals surface area (Å²) >= 11 is 2.51. The van der Waals surface area contributed by atoms with Crippen molar-refractivity contribution in [1.82, 2.24) is 10.2 Å². The third kappa shape index (κ3) is 4.68. The Hall–Kier alpha value is -1.65. The minimum atomic E-state index is -3.33. The summed E-state index contributed by atoms with van der Waals surface area (Å²) in [7, 11) is -3.33. The van der Waals surface area contributed by atoms with Gasteiger partial charge < -0.3 is 5.73 Å². The maximum Gasteiger partial charge on any atom is 0.229 e. The number of thioether (sulfide) groups is 1. The molecule has 0 aliphatic heterocycles. The molecule has 7 nitrogen and oxygen atoms in total. The van der Waals surface area contributed by atoms with Crippen molar-refractivity contribution < 1.29 is 13.2 Å². The van der Waals surface area contributed by atoms with Crippen LogP contribution in [0.15, 0.2) is 28.6 Å². The average molecular weight is 358 g/mol. The topological polar surface area (TPSA) is 115 Å². The van der Waals surface area contributed by atoms with Gasteiger partial charge in [0.25, 0.3) is 0 Å². The van der Waals surface area contributed by atoms with Crippen molar-refractivity contribution in [3.8, 4) is 0 Å². The zero-order chi connectivity index (χ0) is 16.3. The zero-order valence-electron chi connectivity index (χ0n) is 11.8. The van der Waals surface area contributed by atoms with Gasteiger partial charge in [-0.05, 0) is 31.2 Å². The summed E-state index contributed by atoms with van der Waals surface area (Å²) in [5.41, 5.74) is 6.41. The summed E-state index contributed by atoms with van der Waals surface area (Å²) < 4.78 is 25.2. The summed E-state index contributed by atoms with van der Waals surface area (Å²) in [5, 5.41) is 7.57. The Morgan fingerprint density at radius 3 is 2.45 bits per heavy atom. The van der Waals surface area contributed by atoms with Gasteiger partial charge in [0, 0.05) is 11.3 Å². The highest BCUT2D eigenvalue weighted by atomic mass is 32.2. The molecule has 22 heavy (non-hydrogen) atoms. The first-order chi connectivity index (χ1) is 10.2. The van der Waals surface area contributed by atoms with E-state index in [0.29, 0.717) is 20.7 Å². The molecule has 0 spiro atoms. The molecule has 3 N–H and O–H groups in total. The molecule has 118 valence electrons. The molecule has 0 aliphatic rings. The predicted octanol–water partition coefficient (Wildman–Crippen LogP) is 1.86. The molecule has 1 aromatic heterocycles. The first-order valence-electron chi connectivity index (χ1n) is 6.12. The number of benzene rings is 1. The zero-order valence-corrected chi connectivity index (χ0v) is 14.3. The van der Waals surface area contributed by atoms with E-state index in [1.165, 1.54) is 23.1 Å². The van der Waals surface area contributed by atoms with Gasteiger partial charge in [-0.3, -0.25) is 9.52 Å². The van der Waals surface area contributed by atoms with Crippen LogP contribution in [0.25, 0.3) is 0 Å². The lowest BCUT2D eigenvalue weighted by atomic mass is 10.1. The second-order valence-corrected chi connectivity index (χ2v) is 8.83. The van der Waals surface area contributed by atoms with Crippen molar-refractivity contribution in [3.05, 3.63) is 29.8 Å². The number of carbonyl (C=O) groups excluding carboxylic acids is 1. The van der Waals surface area contributed by atoms with Gasteiger partial charge in [0.2, 0.25) is 15.2 Å². The molecule has 0 amide bonds. The second-order valence-electron chi connectivity index (χ2n) is 4.48. The number of hydrogen-bond donors (Lipinski definition) is 2. The van der Waals surface area contributed by atoms with Crippen LogP contribution in [-0.4, -0.2) is 35.9 Å². The minimum absolute atomic E-state index is 0.0790. The van der Waals surface area contributed by atoms with Gasteiger partial charge in [0.1, 0.15) is 0 Å². The number of hydrogen-bond acceptors (Lipinski definition) is 8. The highest BCUT2D eigenvalue weighted by molar-refractivity contribution is 8.02. The quantitative estimate of drug-likeness (QED) is 0.598. The normalized spacial score (nSPS) is 12.8. The van der Waals surface area contributed by atoms with E-state index in [-0.39, 0.29) is 11.0 Å². The Morgan fingerprint density at radius 2 is 1.95 bits per heavy atom. The van der Waals surface area contributed by atoms with Crippen molar-refractivity contribution >= 4 is 49.7 Å². The molecule has 0 saturated carbocycles. The van der Waals surface area contributed by atoms with Crippen molar-refractivity contribution in [2.75, 3.05) is 16.7 Å². The van der Waals surface area contributed by atoms with E-state index >= 15 is 0 Å². The van der Waals surface area contributed by atoms with Crippen molar-refractivity contribution in [2.24, 2.45) is 0 Å². The van der Waals surface area contributed by atoms with Crippen LogP contribution in [0.3, 0.4) is 0 Å². The lowest BCUT2D eigenvalue weighted by Gasteiger charge is -2.09. The third-order valence-corrected chi connectivity index (χ3v) is 5.08. The molecule has 0 bridgehead atoms. The van der Waals surface area contributed by atoms with E-state index in [2.05, 4.69) is 14.9 Å². The summed E-state index contributed by atoms with van der Waals surface area (Å²) in [4.78, 5) is 12.3. The molecule has 0 radical (unpaired) electrons. The van der Waals surface area contributed by atoms with Crippen LogP contribution in [0.4, 0.5) is 10.8 Å². The molecule has 0 aliphatic carbocycles. The van der Waals surface area contributed by atoms with Crippen LogP contribution in [0.5, 0.6) is 0 Å². The molecule has 10 heteroatoms. The van der Waals surface area contributed by atoms with E-state index in [0.717, 1.165) is 6.26 Å². The fraction of sp³-hybridized carbons (Fsp3) is 0.250. The summed E-state index contributed by atoms with van der Waals surface area (Å²) in [5.74, 6) is -0.0790. The summed E-state index contributed by atoms with van der Waals surface area (Å²) in [6.45, 7) is 1.77. The number of rotatable bonds is 6. The Bertz CT molecular complexity index is 771. The maximum absolute atomic E-state index is 12.3. The number of aromatic nitrogens is 2. The van der Waals surface area contributed by atoms with Crippen molar-refractivity contribution in [3.63, 3.8) is 0 Å². The number of anilines is 2. The Kier molecular flexibility index (Phi) is 5.04. The number of sulfonamides is 1. The van der Waals surface area contributed by atoms with E-state index in [9.17, 15) is 13.2 Å². The van der Waals surface area contributed by atoms with Crippen LogP contribution in [0.1, 0.15) is 17.3 Å². The molecule has 1 aromatic carbocycles. The highest BCUT2D eigenvalue weighted by Gasteiger charge is 2.18. The Labute approximate surface area is 136 Å². The van der Waals surface area contributed by atoms with E-state index in [1.807, 2.05) is 0 Å². The van der Waals surface area contributed by atoms with Crippen LogP contribution >= 0.6 is 23.1 Å². The number of nitrogens with two attached hydrogens (primary N) is 1. The molecule has 0 saturated heterocycles. The van der Waals surface area contributed by atoms with Crippen molar-refractivity contribution in [1.29, 1.82) is 0 Å². The molecule has 2 aromatic rings. The molecule has 2 rings (SSSR count). The molecular formula is C12H14N4O3S3. The molecule has 1 unspecified atom stereocenters. The van der Waals surface area contributed by atoms with Crippen LogP contribution in [0, 0.1) is 0 Å². The number of nitrogens with one attached hydrogen (secondary N) is 1. The van der Waals surface area contributed by atoms with Crippen LogP contribution in [0.2, 0.25) is 0 Å². The molecule has 0 fully saturated rings. The first-order valence-corrected chi connectivity index (χ1v) is 9.71. The van der Waals surface area contributed by atoms with E-state index in [4.69, 9.17) is 5.73 Å². The fourth-order valence-electron chi connectivity index (χ4n) is 1.62. The summed E-state index contributed by atoms with van der Waals surface area (Å²) in [6, 6.07) is 6.27. The second kappa shape index (κ2) is 6.63. The smallest absolute Gasteiger partial charge is 0.229 e.